The number of benzene rings is 2. The molecular weight excluding hydrogens is 314 g/mol. The molecule has 1 heterocycles. The first-order valence-corrected chi connectivity index (χ1v) is 6.85. The van der Waals surface area contributed by atoms with Crippen molar-refractivity contribution in [3.8, 4) is 5.75 Å². The van der Waals surface area contributed by atoms with E-state index in [0.717, 1.165) is 28.0 Å². The smallest absolute Gasteiger partial charge is 0.161 e. The van der Waals surface area contributed by atoms with Gasteiger partial charge in [-0.15, -0.1) is 0 Å². The Morgan fingerprint density at radius 1 is 1.22 bits per heavy atom. The van der Waals surface area contributed by atoms with Gasteiger partial charge in [-0.3, -0.25) is 0 Å². The van der Waals surface area contributed by atoms with E-state index in [1.54, 1.807) is 0 Å². The predicted octanol–water partition coefficient (Wildman–Crippen LogP) is 4.65. The van der Waals surface area contributed by atoms with E-state index in [0.29, 0.717) is 5.02 Å². The Hall–Kier alpha value is -1.19. The molecule has 0 saturated heterocycles. The van der Waals surface area contributed by atoms with Crippen molar-refractivity contribution in [3.05, 3.63) is 57.5 Å². The molecule has 0 fully saturated rings. The van der Waals surface area contributed by atoms with Gasteiger partial charge in [0.05, 0.1) is 17.3 Å². The van der Waals surface area contributed by atoms with E-state index in [1.165, 1.54) is 0 Å². The van der Waals surface area contributed by atoms with Crippen molar-refractivity contribution in [2.45, 2.75) is 6.10 Å². The summed E-state index contributed by atoms with van der Waals surface area (Å²) >= 11 is 9.62. The number of halogens is 2. The molecule has 2 aromatic rings. The molecule has 0 saturated carbocycles. The zero-order valence-corrected chi connectivity index (χ0v) is 11.8. The quantitative estimate of drug-likeness (QED) is 0.824. The summed E-state index contributed by atoms with van der Waals surface area (Å²) in [4.78, 5) is 0. The van der Waals surface area contributed by atoms with Gasteiger partial charge in [0, 0.05) is 4.47 Å². The summed E-state index contributed by atoms with van der Waals surface area (Å²) in [6.45, 7) is 0.740. The second-order valence-corrected chi connectivity index (χ2v) is 5.48. The van der Waals surface area contributed by atoms with Crippen LogP contribution in [0.2, 0.25) is 5.02 Å². The first kappa shape index (κ1) is 11.9. The summed E-state index contributed by atoms with van der Waals surface area (Å²) in [6.07, 6.45) is -0.0186. The van der Waals surface area contributed by atoms with Gasteiger partial charge in [0.1, 0.15) is 6.10 Å². The number of para-hydroxylation sites is 1. The first-order valence-electron chi connectivity index (χ1n) is 5.68. The maximum Gasteiger partial charge on any atom is 0.161 e. The first-order chi connectivity index (χ1) is 8.74. The Bertz CT molecular complexity index is 588. The molecule has 1 atom stereocenters. The Morgan fingerprint density at radius 2 is 2.06 bits per heavy atom. The maximum absolute atomic E-state index is 6.15. The normalized spacial score (nSPS) is 17.6. The van der Waals surface area contributed by atoms with Gasteiger partial charge in [0.15, 0.2) is 5.75 Å². The number of anilines is 1. The molecule has 2 nitrogen and oxygen atoms in total. The van der Waals surface area contributed by atoms with Gasteiger partial charge >= 0.3 is 0 Å². The Kier molecular flexibility index (Phi) is 3.18. The average Bonchev–Trinajstić information content (AvgIpc) is 2.39. The van der Waals surface area contributed by atoms with E-state index < -0.39 is 0 Å². The lowest BCUT2D eigenvalue weighted by Crippen LogP contribution is -2.23. The van der Waals surface area contributed by atoms with Crippen LogP contribution in [0.25, 0.3) is 0 Å². The van der Waals surface area contributed by atoms with Crippen molar-refractivity contribution in [2.75, 3.05) is 11.9 Å². The van der Waals surface area contributed by atoms with Gasteiger partial charge in [-0.25, -0.2) is 0 Å². The second kappa shape index (κ2) is 4.82. The van der Waals surface area contributed by atoms with Gasteiger partial charge in [-0.05, 0) is 29.8 Å². The zero-order valence-electron chi connectivity index (χ0n) is 9.49. The molecule has 2 aromatic carbocycles. The minimum absolute atomic E-state index is 0.0186. The van der Waals surface area contributed by atoms with Crippen LogP contribution in [-0.4, -0.2) is 6.54 Å². The molecule has 1 N–H and O–H groups in total. The molecule has 0 amide bonds. The summed E-state index contributed by atoms with van der Waals surface area (Å²) in [5.41, 5.74) is 2.08. The highest BCUT2D eigenvalue weighted by atomic mass is 79.9. The third kappa shape index (κ3) is 2.20. The summed E-state index contributed by atoms with van der Waals surface area (Å²) < 4.78 is 7.04. The monoisotopic (exact) mass is 323 g/mol. The standard InChI is InChI=1S/C14H11BrClNO/c15-10-4-1-3-9(7-10)13-8-17-12-6-2-5-11(16)14(12)18-13/h1-7,13,17H,8H2. The molecule has 0 radical (unpaired) electrons. The van der Waals surface area contributed by atoms with Gasteiger partial charge < -0.3 is 10.1 Å². The maximum atomic E-state index is 6.15. The fourth-order valence-corrected chi connectivity index (χ4v) is 2.68. The molecule has 0 spiro atoms. The van der Waals surface area contributed by atoms with Crippen LogP contribution in [0.1, 0.15) is 11.7 Å². The Morgan fingerprint density at radius 3 is 2.89 bits per heavy atom. The number of nitrogens with one attached hydrogen (secondary N) is 1. The van der Waals surface area contributed by atoms with Crippen molar-refractivity contribution >= 4 is 33.2 Å². The zero-order chi connectivity index (χ0) is 12.5. The summed E-state index contributed by atoms with van der Waals surface area (Å²) in [6, 6.07) is 13.8. The van der Waals surface area contributed by atoms with Crippen molar-refractivity contribution in [1.82, 2.24) is 0 Å². The molecule has 1 aliphatic heterocycles. The van der Waals surface area contributed by atoms with Crippen LogP contribution in [0.5, 0.6) is 5.75 Å². The van der Waals surface area contributed by atoms with Crippen LogP contribution < -0.4 is 10.1 Å². The number of hydrogen-bond donors (Lipinski definition) is 1. The average molecular weight is 325 g/mol. The minimum atomic E-state index is -0.0186. The number of fused-ring (bicyclic) bond motifs is 1. The lowest BCUT2D eigenvalue weighted by Gasteiger charge is -2.28. The summed E-state index contributed by atoms with van der Waals surface area (Å²) in [5.74, 6) is 0.732. The summed E-state index contributed by atoms with van der Waals surface area (Å²) in [7, 11) is 0. The van der Waals surface area contributed by atoms with E-state index in [-0.39, 0.29) is 6.10 Å². The molecule has 0 aromatic heterocycles. The topological polar surface area (TPSA) is 21.3 Å². The van der Waals surface area contributed by atoms with E-state index in [9.17, 15) is 0 Å². The minimum Gasteiger partial charge on any atom is -0.480 e. The van der Waals surface area contributed by atoms with Crippen LogP contribution >= 0.6 is 27.5 Å². The predicted molar refractivity (Wildman–Crippen MR) is 77.5 cm³/mol. The highest BCUT2D eigenvalue weighted by Crippen LogP contribution is 2.39. The van der Waals surface area contributed by atoms with Crippen LogP contribution in [0.4, 0.5) is 5.69 Å². The van der Waals surface area contributed by atoms with Gasteiger partial charge in [-0.1, -0.05) is 45.7 Å². The SMILES string of the molecule is Clc1cccc2c1OC(c1cccc(Br)c1)CN2. The third-order valence-electron chi connectivity index (χ3n) is 2.93. The number of ether oxygens (including phenoxy) is 1. The van der Waals surface area contributed by atoms with Crippen LogP contribution in [0, 0.1) is 0 Å². The van der Waals surface area contributed by atoms with E-state index >= 15 is 0 Å². The van der Waals surface area contributed by atoms with Crippen molar-refractivity contribution in [2.24, 2.45) is 0 Å². The number of rotatable bonds is 1. The van der Waals surface area contributed by atoms with E-state index in [4.69, 9.17) is 16.3 Å². The van der Waals surface area contributed by atoms with Crippen molar-refractivity contribution in [1.29, 1.82) is 0 Å². The molecular formula is C14H11BrClNO. The molecule has 18 heavy (non-hydrogen) atoms. The Labute approximate surface area is 119 Å². The molecule has 0 bridgehead atoms. The van der Waals surface area contributed by atoms with Crippen LogP contribution in [0.15, 0.2) is 46.9 Å². The lowest BCUT2D eigenvalue weighted by molar-refractivity contribution is 0.210. The molecule has 4 heteroatoms. The fourth-order valence-electron chi connectivity index (χ4n) is 2.05. The summed E-state index contributed by atoms with van der Waals surface area (Å²) in [5, 5.41) is 3.99. The number of hydrogen-bond acceptors (Lipinski definition) is 2. The third-order valence-corrected chi connectivity index (χ3v) is 3.72. The van der Waals surface area contributed by atoms with Crippen molar-refractivity contribution in [3.63, 3.8) is 0 Å². The van der Waals surface area contributed by atoms with E-state index in [2.05, 4.69) is 33.4 Å². The second-order valence-electron chi connectivity index (χ2n) is 4.16. The van der Waals surface area contributed by atoms with Gasteiger partial charge in [0.25, 0.3) is 0 Å². The molecule has 1 aliphatic rings. The molecule has 0 aliphatic carbocycles. The highest BCUT2D eigenvalue weighted by Gasteiger charge is 2.22. The van der Waals surface area contributed by atoms with Crippen molar-refractivity contribution < 1.29 is 4.74 Å². The van der Waals surface area contributed by atoms with Gasteiger partial charge in [-0.2, -0.15) is 0 Å². The molecule has 1 unspecified atom stereocenters. The highest BCUT2D eigenvalue weighted by molar-refractivity contribution is 9.10. The molecule has 3 rings (SSSR count). The van der Waals surface area contributed by atoms with Crippen LogP contribution in [0.3, 0.4) is 0 Å². The molecule has 92 valence electrons. The van der Waals surface area contributed by atoms with E-state index in [1.807, 2.05) is 30.3 Å². The lowest BCUT2D eigenvalue weighted by atomic mass is 10.1. The largest absolute Gasteiger partial charge is 0.480 e. The Balaban J connectivity index is 1.93. The van der Waals surface area contributed by atoms with Crippen LogP contribution in [-0.2, 0) is 0 Å². The van der Waals surface area contributed by atoms with Gasteiger partial charge in [0.2, 0.25) is 0 Å². The fraction of sp³-hybridized carbons (Fsp3) is 0.143.